The van der Waals surface area contributed by atoms with E-state index in [0.717, 1.165) is 40.3 Å². The summed E-state index contributed by atoms with van der Waals surface area (Å²) in [5.41, 5.74) is 0. The Kier molecular flexibility index (Phi) is 5.54. The fraction of sp³-hybridized carbons (Fsp3) is 0.588. The topological polar surface area (TPSA) is 54.9 Å². The molecule has 1 N–H and O–H groups in total. The van der Waals surface area contributed by atoms with Crippen molar-refractivity contribution in [2.24, 2.45) is 0 Å². The van der Waals surface area contributed by atoms with Crippen LogP contribution in [0.3, 0.4) is 0 Å². The maximum atomic E-state index is 12.2. The van der Waals surface area contributed by atoms with Crippen LogP contribution in [0.15, 0.2) is 11.1 Å². The van der Waals surface area contributed by atoms with Gasteiger partial charge in [-0.1, -0.05) is 37.9 Å². The van der Waals surface area contributed by atoms with Gasteiger partial charge in [0.2, 0.25) is 5.91 Å². The Morgan fingerprint density at radius 3 is 2.87 bits per heavy atom. The minimum Gasteiger partial charge on any atom is -0.353 e. The van der Waals surface area contributed by atoms with Crippen LogP contribution in [0.25, 0.3) is 10.2 Å². The molecule has 2 aromatic rings. The molecule has 124 valence electrons. The molecule has 0 aromatic carbocycles. The fourth-order valence-electron chi connectivity index (χ4n) is 2.98. The number of nitrogens with zero attached hydrogens (tertiary/aromatic N) is 2. The molecule has 1 fully saturated rings. The third-order valence-corrected chi connectivity index (χ3v) is 6.34. The summed E-state index contributed by atoms with van der Waals surface area (Å²) in [6, 6.07) is 2.54. The lowest BCUT2D eigenvalue weighted by Crippen LogP contribution is -2.37. The Hall–Kier alpha value is -1.14. The molecule has 0 atom stereocenters. The van der Waals surface area contributed by atoms with Gasteiger partial charge in [-0.2, -0.15) is 0 Å². The Morgan fingerprint density at radius 2 is 2.13 bits per heavy atom. The maximum absolute atomic E-state index is 12.2. The predicted molar refractivity (Wildman–Crippen MR) is 97.3 cm³/mol. The molecule has 4 nitrogen and oxygen atoms in total. The number of nitrogens with one attached hydrogen (secondary N) is 1. The predicted octanol–water partition coefficient (Wildman–Crippen LogP) is 4.10. The van der Waals surface area contributed by atoms with Crippen LogP contribution in [-0.4, -0.2) is 27.7 Å². The van der Waals surface area contributed by atoms with Gasteiger partial charge in [0.05, 0.1) is 5.75 Å². The molecule has 0 aliphatic heterocycles. The number of aryl methyl sites for hydroxylation is 2. The van der Waals surface area contributed by atoms with Gasteiger partial charge < -0.3 is 5.32 Å². The normalized spacial score (nSPS) is 15.9. The highest BCUT2D eigenvalue weighted by molar-refractivity contribution is 8.00. The number of fused-ring (bicyclic) bond motifs is 1. The molecule has 0 spiro atoms. The van der Waals surface area contributed by atoms with Crippen LogP contribution >= 0.6 is 23.1 Å². The Bertz CT molecular complexity index is 692. The Labute approximate surface area is 145 Å². The van der Waals surface area contributed by atoms with Crippen molar-refractivity contribution in [3.63, 3.8) is 0 Å². The minimum atomic E-state index is 0.122. The maximum Gasteiger partial charge on any atom is 0.230 e. The molecule has 23 heavy (non-hydrogen) atoms. The van der Waals surface area contributed by atoms with E-state index in [4.69, 9.17) is 0 Å². The van der Waals surface area contributed by atoms with Gasteiger partial charge in [-0.15, -0.1) is 11.3 Å². The van der Waals surface area contributed by atoms with Gasteiger partial charge in [0.25, 0.3) is 0 Å². The lowest BCUT2D eigenvalue weighted by atomic mass is 9.95. The van der Waals surface area contributed by atoms with E-state index < -0.39 is 0 Å². The average Bonchev–Trinajstić information content (AvgIpc) is 2.96. The zero-order chi connectivity index (χ0) is 16.2. The van der Waals surface area contributed by atoms with Crippen LogP contribution in [0.1, 0.15) is 49.7 Å². The van der Waals surface area contributed by atoms with Crippen molar-refractivity contribution in [2.45, 2.75) is 63.4 Å². The van der Waals surface area contributed by atoms with E-state index in [0.29, 0.717) is 11.8 Å². The lowest BCUT2D eigenvalue weighted by Gasteiger charge is -2.22. The quantitative estimate of drug-likeness (QED) is 0.652. The summed E-state index contributed by atoms with van der Waals surface area (Å²) < 4.78 is 0. The van der Waals surface area contributed by atoms with Gasteiger partial charge >= 0.3 is 0 Å². The van der Waals surface area contributed by atoms with E-state index in [1.165, 1.54) is 35.9 Å². The van der Waals surface area contributed by atoms with E-state index in [9.17, 15) is 4.79 Å². The molecule has 1 amide bonds. The van der Waals surface area contributed by atoms with Gasteiger partial charge in [-0.3, -0.25) is 4.79 Å². The second kappa shape index (κ2) is 7.62. The second-order valence-electron chi connectivity index (χ2n) is 6.05. The van der Waals surface area contributed by atoms with Crippen molar-refractivity contribution in [3.05, 3.63) is 16.8 Å². The lowest BCUT2D eigenvalue weighted by molar-refractivity contribution is -0.119. The van der Waals surface area contributed by atoms with Gasteiger partial charge in [0.1, 0.15) is 15.7 Å². The Morgan fingerprint density at radius 1 is 1.35 bits per heavy atom. The van der Waals surface area contributed by atoms with Crippen molar-refractivity contribution >= 4 is 39.2 Å². The number of thiophene rings is 1. The van der Waals surface area contributed by atoms with Crippen LogP contribution in [0.4, 0.5) is 0 Å². The van der Waals surface area contributed by atoms with Crippen molar-refractivity contribution in [3.8, 4) is 0 Å². The fourth-order valence-corrected chi connectivity index (χ4v) is 4.92. The highest BCUT2D eigenvalue weighted by atomic mass is 32.2. The van der Waals surface area contributed by atoms with E-state index in [2.05, 4.69) is 28.3 Å². The smallest absolute Gasteiger partial charge is 0.230 e. The largest absolute Gasteiger partial charge is 0.353 e. The SMILES string of the molecule is CCc1cc2c(SCC(=O)NC3CCCCC3)nc(C)nc2s1. The van der Waals surface area contributed by atoms with Crippen molar-refractivity contribution in [1.82, 2.24) is 15.3 Å². The average molecular weight is 350 g/mol. The molecule has 1 aliphatic rings. The molecule has 0 saturated heterocycles. The number of carbonyl (C=O) groups is 1. The van der Waals surface area contributed by atoms with Gasteiger partial charge in [-0.25, -0.2) is 9.97 Å². The van der Waals surface area contributed by atoms with Crippen LogP contribution < -0.4 is 5.32 Å². The molecular weight excluding hydrogens is 326 g/mol. The number of aromatic nitrogens is 2. The molecule has 0 bridgehead atoms. The van der Waals surface area contributed by atoms with Gasteiger partial charge in [0.15, 0.2) is 0 Å². The minimum absolute atomic E-state index is 0.122. The number of hydrogen-bond acceptors (Lipinski definition) is 5. The number of amides is 1. The second-order valence-corrected chi connectivity index (χ2v) is 8.13. The molecule has 0 radical (unpaired) electrons. The molecule has 1 saturated carbocycles. The van der Waals surface area contributed by atoms with Crippen LogP contribution in [0, 0.1) is 6.92 Å². The summed E-state index contributed by atoms with van der Waals surface area (Å²) in [5, 5.41) is 5.19. The molecule has 0 unspecified atom stereocenters. The molecule has 1 aliphatic carbocycles. The monoisotopic (exact) mass is 349 g/mol. The van der Waals surface area contributed by atoms with Crippen LogP contribution in [0.2, 0.25) is 0 Å². The van der Waals surface area contributed by atoms with Gasteiger partial charge in [-0.05, 0) is 32.3 Å². The third-order valence-electron chi connectivity index (χ3n) is 4.18. The first-order valence-electron chi connectivity index (χ1n) is 8.35. The number of carbonyl (C=O) groups excluding carboxylic acids is 1. The standard InChI is InChI=1S/C17H23N3OS2/c1-3-13-9-14-16(18-11(2)19-17(14)23-13)22-10-15(21)20-12-7-5-4-6-8-12/h9,12H,3-8,10H2,1-2H3,(H,20,21). The van der Waals surface area contributed by atoms with Crippen molar-refractivity contribution in [2.75, 3.05) is 5.75 Å². The van der Waals surface area contributed by atoms with E-state index in [1.54, 1.807) is 11.3 Å². The van der Waals surface area contributed by atoms with Gasteiger partial charge in [0, 0.05) is 16.3 Å². The first kappa shape index (κ1) is 16.7. The number of rotatable bonds is 5. The van der Waals surface area contributed by atoms with Crippen LogP contribution in [0.5, 0.6) is 0 Å². The number of thioether (sulfide) groups is 1. The van der Waals surface area contributed by atoms with E-state index in [-0.39, 0.29) is 5.91 Å². The molecular formula is C17H23N3OS2. The van der Waals surface area contributed by atoms with Crippen molar-refractivity contribution in [1.29, 1.82) is 0 Å². The molecule has 2 aromatic heterocycles. The summed E-state index contributed by atoms with van der Waals surface area (Å²) in [4.78, 5) is 23.6. The van der Waals surface area contributed by atoms with E-state index in [1.807, 2.05) is 6.92 Å². The highest BCUT2D eigenvalue weighted by Gasteiger charge is 2.17. The summed E-state index contributed by atoms with van der Waals surface area (Å²) >= 11 is 3.25. The first-order valence-corrected chi connectivity index (χ1v) is 10.1. The molecule has 2 heterocycles. The molecule has 6 heteroatoms. The van der Waals surface area contributed by atoms with Crippen molar-refractivity contribution < 1.29 is 4.79 Å². The third kappa shape index (κ3) is 4.23. The van der Waals surface area contributed by atoms with E-state index >= 15 is 0 Å². The summed E-state index contributed by atoms with van der Waals surface area (Å²) in [6.45, 7) is 4.06. The van der Waals surface area contributed by atoms with Crippen LogP contribution in [-0.2, 0) is 11.2 Å². The molecule has 3 rings (SSSR count). The Balaban J connectivity index is 1.66. The zero-order valence-corrected chi connectivity index (χ0v) is 15.4. The highest BCUT2D eigenvalue weighted by Crippen LogP contribution is 2.31. The first-order chi connectivity index (χ1) is 11.2. The summed E-state index contributed by atoms with van der Waals surface area (Å²) in [6.07, 6.45) is 7.02. The zero-order valence-electron chi connectivity index (χ0n) is 13.7. The summed E-state index contributed by atoms with van der Waals surface area (Å²) in [7, 11) is 0. The number of hydrogen-bond donors (Lipinski definition) is 1. The summed E-state index contributed by atoms with van der Waals surface area (Å²) in [5.74, 6) is 1.33.